The monoisotopic (exact) mass is 722 g/mol. The second-order valence-corrected chi connectivity index (χ2v) is 13.9. The SMILES string of the molecule is C/C=C(C)/C=C/C=C(C)/C=C/C1=C(C)C(=O)C(OC(=O)CCC(=O)OCC2OC(O)C(O)C(O)C2OC2OC(CC)C(O)C(O)C2O)CC1(C)C. The van der Waals surface area contributed by atoms with E-state index in [0.717, 1.165) is 16.7 Å². The minimum atomic E-state index is -1.88. The molecular weight excluding hydrogens is 668 g/mol. The summed E-state index contributed by atoms with van der Waals surface area (Å²) < 4.78 is 27.2. The van der Waals surface area contributed by atoms with Crippen molar-refractivity contribution < 1.29 is 68.7 Å². The van der Waals surface area contributed by atoms with Gasteiger partial charge in [0.25, 0.3) is 0 Å². The summed E-state index contributed by atoms with van der Waals surface area (Å²) in [6.07, 6.45) is -5.34. The lowest BCUT2D eigenvalue weighted by Crippen LogP contribution is -2.64. The van der Waals surface area contributed by atoms with Crippen molar-refractivity contribution in [3.05, 3.63) is 58.7 Å². The van der Waals surface area contributed by atoms with Crippen molar-refractivity contribution in [1.29, 1.82) is 0 Å². The Morgan fingerprint density at radius 2 is 1.55 bits per heavy atom. The summed E-state index contributed by atoms with van der Waals surface area (Å²) in [7, 11) is 0. The highest BCUT2D eigenvalue weighted by atomic mass is 16.7. The Bertz CT molecular complexity index is 1390. The maximum Gasteiger partial charge on any atom is 0.307 e. The first-order valence-corrected chi connectivity index (χ1v) is 17.2. The molecule has 0 amide bonds. The van der Waals surface area contributed by atoms with Gasteiger partial charge in [0.05, 0.1) is 18.9 Å². The molecule has 6 N–H and O–H groups in total. The van der Waals surface area contributed by atoms with Crippen LogP contribution in [-0.4, -0.2) is 122 Å². The summed E-state index contributed by atoms with van der Waals surface area (Å²) in [6.45, 7) is 12.6. The summed E-state index contributed by atoms with van der Waals surface area (Å²) in [4.78, 5) is 38.5. The first-order valence-electron chi connectivity index (χ1n) is 17.2. The number of hydrogen-bond acceptors (Lipinski definition) is 14. The Morgan fingerprint density at radius 3 is 2.20 bits per heavy atom. The van der Waals surface area contributed by atoms with E-state index < -0.39 is 104 Å². The normalized spacial score (nSPS) is 35.1. The predicted octanol–water partition coefficient (Wildman–Crippen LogP) is 1.60. The zero-order chi connectivity index (χ0) is 38.2. The average Bonchev–Trinajstić information content (AvgIpc) is 3.08. The van der Waals surface area contributed by atoms with Crippen LogP contribution in [0.15, 0.2) is 58.7 Å². The summed E-state index contributed by atoms with van der Waals surface area (Å²) in [5, 5.41) is 61.6. The molecule has 0 bridgehead atoms. The smallest absolute Gasteiger partial charge is 0.307 e. The topological polar surface area (TPSA) is 219 Å². The fourth-order valence-electron chi connectivity index (χ4n) is 6.12. The van der Waals surface area contributed by atoms with E-state index in [1.807, 2.05) is 71.1 Å². The fourth-order valence-corrected chi connectivity index (χ4v) is 6.12. The van der Waals surface area contributed by atoms with Crippen molar-refractivity contribution in [3.8, 4) is 0 Å². The van der Waals surface area contributed by atoms with Gasteiger partial charge in [-0.3, -0.25) is 14.4 Å². The second kappa shape index (κ2) is 18.6. The van der Waals surface area contributed by atoms with Crippen LogP contribution in [0.3, 0.4) is 0 Å². The van der Waals surface area contributed by atoms with Crippen molar-refractivity contribution >= 4 is 17.7 Å². The number of rotatable bonds is 13. The standard InChI is InChI=1S/C37H54O14/c1-8-19(3)11-10-12-20(4)13-14-22-21(5)28(40)24(17-37(22,6)7)48-27(39)16-15-26(38)47-18-25-34(31(43)32(44)35(46)49-25)51-36-33(45)30(42)29(41)23(9-2)50-36/h8,10-14,23-25,29-36,41-46H,9,15-18H2,1-7H3/b11-10+,14-13+,19-8+,20-12+. The number of hydrogen-bond donors (Lipinski definition) is 6. The number of ketones is 1. The van der Waals surface area contributed by atoms with Crippen molar-refractivity contribution in [3.63, 3.8) is 0 Å². The molecule has 2 fully saturated rings. The van der Waals surface area contributed by atoms with Gasteiger partial charge < -0.3 is 54.3 Å². The van der Waals surface area contributed by atoms with E-state index in [-0.39, 0.29) is 18.6 Å². The molecule has 11 unspecified atom stereocenters. The molecule has 2 heterocycles. The lowest BCUT2D eigenvalue weighted by Gasteiger charge is -2.45. The third-order valence-corrected chi connectivity index (χ3v) is 9.41. The van der Waals surface area contributed by atoms with Gasteiger partial charge in [-0.15, -0.1) is 0 Å². The number of carbonyl (C=O) groups excluding carboxylic acids is 3. The third kappa shape index (κ3) is 11.0. The number of allylic oxidation sites excluding steroid dienone is 9. The largest absolute Gasteiger partial charge is 0.463 e. The van der Waals surface area contributed by atoms with Crippen molar-refractivity contribution in [1.82, 2.24) is 0 Å². The minimum Gasteiger partial charge on any atom is -0.463 e. The summed E-state index contributed by atoms with van der Waals surface area (Å²) in [6, 6.07) is 0. The van der Waals surface area contributed by atoms with Crippen molar-refractivity contribution in [2.45, 2.75) is 142 Å². The molecule has 0 spiro atoms. The highest BCUT2D eigenvalue weighted by Gasteiger charge is 2.50. The van der Waals surface area contributed by atoms with E-state index in [1.165, 1.54) is 0 Å². The summed E-state index contributed by atoms with van der Waals surface area (Å²) >= 11 is 0. The van der Waals surface area contributed by atoms with Crippen LogP contribution in [-0.2, 0) is 38.1 Å². The molecule has 3 rings (SSSR count). The van der Waals surface area contributed by atoms with Crippen molar-refractivity contribution in [2.24, 2.45) is 5.41 Å². The van der Waals surface area contributed by atoms with Crippen LogP contribution in [0, 0.1) is 5.41 Å². The Morgan fingerprint density at radius 1 is 0.882 bits per heavy atom. The Kier molecular flexibility index (Phi) is 15.5. The molecule has 1 aliphatic carbocycles. The molecule has 0 saturated carbocycles. The van der Waals surface area contributed by atoms with Crippen LogP contribution in [0.4, 0.5) is 0 Å². The molecule has 14 heteroatoms. The molecule has 0 radical (unpaired) electrons. The van der Waals surface area contributed by atoms with E-state index in [4.69, 9.17) is 23.7 Å². The minimum absolute atomic E-state index is 0.244. The van der Waals surface area contributed by atoms with Crippen LogP contribution < -0.4 is 0 Å². The number of ether oxygens (including phenoxy) is 5. The maximum absolute atomic E-state index is 13.2. The van der Waals surface area contributed by atoms with Gasteiger partial charge in [-0.25, -0.2) is 0 Å². The van der Waals surface area contributed by atoms with Crippen LogP contribution in [0.2, 0.25) is 0 Å². The van der Waals surface area contributed by atoms with Crippen molar-refractivity contribution in [2.75, 3.05) is 6.61 Å². The van der Waals surface area contributed by atoms with Crippen LogP contribution in [0.25, 0.3) is 0 Å². The zero-order valence-electron chi connectivity index (χ0n) is 30.3. The van der Waals surface area contributed by atoms with Gasteiger partial charge in [-0.1, -0.05) is 68.4 Å². The van der Waals surface area contributed by atoms with Gasteiger partial charge in [0.15, 0.2) is 24.5 Å². The molecule has 3 aliphatic rings. The molecule has 0 aromatic carbocycles. The summed E-state index contributed by atoms with van der Waals surface area (Å²) in [5.74, 6) is -1.98. The number of carbonyl (C=O) groups is 3. The Balaban J connectivity index is 1.57. The second-order valence-electron chi connectivity index (χ2n) is 13.9. The highest BCUT2D eigenvalue weighted by molar-refractivity contribution is 6.01. The van der Waals surface area contributed by atoms with E-state index in [0.29, 0.717) is 5.57 Å². The number of Topliss-reactive ketones (excluding diaryl/α,β-unsaturated/α-hetero) is 1. The van der Waals surface area contributed by atoms with Gasteiger partial charge in [0.2, 0.25) is 0 Å². The molecule has 51 heavy (non-hydrogen) atoms. The van der Waals surface area contributed by atoms with E-state index in [2.05, 4.69) is 0 Å². The highest BCUT2D eigenvalue weighted by Crippen LogP contribution is 2.41. The van der Waals surface area contributed by atoms with E-state index >= 15 is 0 Å². The average molecular weight is 723 g/mol. The van der Waals surface area contributed by atoms with E-state index in [9.17, 15) is 45.0 Å². The first-order chi connectivity index (χ1) is 23.9. The quantitative estimate of drug-likeness (QED) is 0.118. The Labute approximate surface area is 298 Å². The molecule has 0 aromatic heterocycles. The van der Waals surface area contributed by atoms with Gasteiger partial charge in [0.1, 0.15) is 49.3 Å². The molecular formula is C37H54O14. The molecule has 2 saturated heterocycles. The van der Waals surface area contributed by atoms with E-state index in [1.54, 1.807) is 13.8 Å². The summed E-state index contributed by atoms with van der Waals surface area (Å²) in [5.41, 5.74) is 2.95. The number of esters is 2. The molecule has 286 valence electrons. The van der Waals surface area contributed by atoms with Crippen LogP contribution in [0.1, 0.15) is 74.1 Å². The Hall–Kier alpha value is -3.05. The molecule has 11 atom stereocenters. The van der Waals surface area contributed by atoms with Gasteiger partial charge in [-0.05, 0) is 50.7 Å². The lowest BCUT2D eigenvalue weighted by molar-refractivity contribution is -0.353. The number of aliphatic hydroxyl groups is 6. The molecule has 0 aromatic rings. The molecule has 2 aliphatic heterocycles. The van der Waals surface area contributed by atoms with Gasteiger partial charge in [-0.2, -0.15) is 0 Å². The van der Waals surface area contributed by atoms with Crippen LogP contribution in [0.5, 0.6) is 0 Å². The van der Waals surface area contributed by atoms with Gasteiger partial charge >= 0.3 is 11.9 Å². The number of aliphatic hydroxyl groups excluding tert-OH is 6. The van der Waals surface area contributed by atoms with Crippen LogP contribution >= 0.6 is 0 Å². The van der Waals surface area contributed by atoms with Gasteiger partial charge in [0, 0.05) is 6.42 Å². The maximum atomic E-state index is 13.2. The lowest BCUT2D eigenvalue weighted by atomic mass is 9.71. The third-order valence-electron chi connectivity index (χ3n) is 9.41. The zero-order valence-corrected chi connectivity index (χ0v) is 30.3. The molecule has 14 nitrogen and oxygen atoms in total. The fraction of sp³-hybridized carbons (Fsp3) is 0.649. The predicted molar refractivity (Wildman–Crippen MR) is 182 cm³/mol. The first kappa shape index (κ1) is 42.4.